The summed E-state index contributed by atoms with van der Waals surface area (Å²) < 4.78 is 13.4. The molecular formula is C17H22N4O2. The number of hydrogen-bond acceptors (Lipinski definition) is 5. The molecule has 0 bridgehead atoms. The summed E-state index contributed by atoms with van der Waals surface area (Å²) >= 11 is 0. The Morgan fingerprint density at radius 2 is 2.09 bits per heavy atom. The number of nitrogens with zero attached hydrogens (tertiary/aromatic N) is 4. The van der Waals surface area contributed by atoms with E-state index in [4.69, 9.17) is 9.47 Å². The number of fused-ring (bicyclic) bond motifs is 3. The molecule has 3 heterocycles. The largest absolute Gasteiger partial charge is 0.497 e. The fourth-order valence-corrected chi connectivity index (χ4v) is 3.57. The topological polar surface area (TPSA) is 52.4 Å². The number of likely N-dealkylation sites (tertiary alicyclic amines) is 1. The van der Waals surface area contributed by atoms with Crippen LogP contribution in [0.4, 0.5) is 0 Å². The standard InChI is InChI=1S/C17H22N4O2/c1-3-14-16-11-23-17-10-20(9-15(17)21(16)19-18-14)8-12-4-6-13(22-2)7-5-12/h4-7,15,17H,3,8-11H2,1-2H3/t15-,17-/m0/s1. The van der Waals surface area contributed by atoms with Gasteiger partial charge in [0.15, 0.2) is 0 Å². The van der Waals surface area contributed by atoms with Crippen molar-refractivity contribution < 1.29 is 9.47 Å². The molecule has 0 spiro atoms. The van der Waals surface area contributed by atoms with E-state index in [1.807, 2.05) is 12.1 Å². The first-order valence-corrected chi connectivity index (χ1v) is 8.18. The summed E-state index contributed by atoms with van der Waals surface area (Å²) in [6, 6.07) is 8.55. The lowest BCUT2D eigenvalue weighted by atomic mass is 10.1. The molecule has 1 aromatic carbocycles. The van der Waals surface area contributed by atoms with Gasteiger partial charge in [0.05, 0.1) is 37.3 Å². The Labute approximate surface area is 136 Å². The monoisotopic (exact) mass is 314 g/mol. The van der Waals surface area contributed by atoms with Gasteiger partial charge in [0, 0.05) is 19.6 Å². The molecule has 6 nitrogen and oxygen atoms in total. The van der Waals surface area contributed by atoms with E-state index in [-0.39, 0.29) is 12.1 Å². The van der Waals surface area contributed by atoms with Gasteiger partial charge in [0.25, 0.3) is 0 Å². The minimum atomic E-state index is 0.215. The smallest absolute Gasteiger partial charge is 0.118 e. The Morgan fingerprint density at radius 1 is 1.26 bits per heavy atom. The summed E-state index contributed by atoms with van der Waals surface area (Å²) in [5.74, 6) is 0.895. The molecule has 0 radical (unpaired) electrons. The molecule has 6 heteroatoms. The van der Waals surface area contributed by atoms with Crippen LogP contribution in [0.3, 0.4) is 0 Å². The molecule has 0 saturated carbocycles. The highest BCUT2D eigenvalue weighted by Crippen LogP contribution is 2.32. The van der Waals surface area contributed by atoms with Crippen LogP contribution in [-0.2, 0) is 24.3 Å². The van der Waals surface area contributed by atoms with Crippen LogP contribution in [0.15, 0.2) is 24.3 Å². The highest BCUT2D eigenvalue weighted by atomic mass is 16.5. The van der Waals surface area contributed by atoms with Crippen LogP contribution in [0.1, 0.15) is 29.9 Å². The molecule has 23 heavy (non-hydrogen) atoms. The number of hydrogen-bond donors (Lipinski definition) is 0. The van der Waals surface area contributed by atoms with Gasteiger partial charge in [-0.05, 0) is 24.1 Å². The average Bonchev–Trinajstić information content (AvgIpc) is 3.18. The van der Waals surface area contributed by atoms with Crippen LogP contribution in [0.25, 0.3) is 0 Å². The average molecular weight is 314 g/mol. The van der Waals surface area contributed by atoms with Crippen molar-refractivity contribution in [2.75, 3.05) is 20.2 Å². The second kappa shape index (κ2) is 5.94. The minimum Gasteiger partial charge on any atom is -0.497 e. The van der Waals surface area contributed by atoms with Crippen LogP contribution in [0.5, 0.6) is 5.75 Å². The zero-order chi connectivity index (χ0) is 15.8. The molecule has 1 aromatic heterocycles. The highest BCUT2D eigenvalue weighted by Gasteiger charge is 2.40. The lowest BCUT2D eigenvalue weighted by molar-refractivity contribution is -0.00559. The van der Waals surface area contributed by atoms with Crippen molar-refractivity contribution in [3.63, 3.8) is 0 Å². The third-order valence-corrected chi connectivity index (χ3v) is 4.83. The van der Waals surface area contributed by atoms with Crippen molar-refractivity contribution in [2.45, 2.75) is 38.6 Å². The molecule has 0 aliphatic carbocycles. The fourth-order valence-electron chi connectivity index (χ4n) is 3.57. The SMILES string of the molecule is CCc1nnn2c1CO[C@H]1CN(Cc3ccc(OC)cc3)C[C@@H]12. The maximum atomic E-state index is 6.07. The number of aryl methyl sites for hydroxylation is 1. The quantitative estimate of drug-likeness (QED) is 0.861. The lowest BCUT2D eigenvalue weighted by Crippen LogP contribution is -2.32. The zero-order valence-electron chi connectivity index (χ0n) is 13.6. The minimum absolute atomic E-state index is 0.215. The van der Waals surface area contributed by atoms with Gasteiger partial charge in [-0.25, -0.2) is 4.68 Å². The molecule has 2 aliphatic rings. The van der Waals surface area contributed by atoms with Gasteiger partial charge >= 0.3 is 0 Å². The Bertz CT molecular complexity index is 682. The molecule has 2 aromatic rings. The van der Waals surface area contributed by atoms with Crippen LogP contribution in [0.2, 0.25) is 0 Å². The fraction of sp³-hybridized carbons (Fsp3) is 0.529. The molecule has 2 atom stereocenters. The van der Waals surface area contributed by atoms with Crippen LogP contribution >= 0.6 is 0 Å². The summed E-state index contributed by atoms with van der Waals surface area (Å²) in [5.41, 5.74) is 3.51. The normalized spacial score (nSPS) is 23.6. The first kappa shape index (κ1) is 14.7. The molecule has 122 valence electrons. The van der Waals surface area contributed by atoms with E-state index < -0.39 is 0 Å². The van der Waals surface area contributed by atoms with Gasteiger partial charge in [0.2, 0.25) is 0 Å². The van der Waals surface area contributed by atoms with Gasteiger partial charge in [-0.3, -0.25) is 4.90 Å². The number of rotatable bonds is 4. The number of ether oxygens (including phenoxy) is 2. The molecule has 0 N–H and O–H groups in total. The molecule has 0 amide bonds. The lowest BCUT2D eigenvalue weighted by Gasteiger charge is -2.26. The highest BCUT2D eigenvalue weighted by molar-refractivity contribution is 5.27. The van der Waals surface area contributed by atoms with Gasteiger partial charge in [-0.2, -0.15) is 0 Å². The second-order valence-corrected chi connectivity index (χ2v) is 6.24. The zero-order valence-corrected chi connectivity index (χ0v) is 13.6. The summed E-state index contributed by atoms with van der Waals surface area (Å²) in [4.78, 5) is 2.43. The Balaban J connectivity index is 1.48. The van der Waals surface area contributed by atoms with Crippen molar-refractivity contribution in [3.05, 3.63) is 41.2 Å². The summed E-state index contributed by atoms with van der Waals surface area (Å²) in [5, 5.41) is 8.68. The molecule has 1 fully saturated rings. The van der Waals surface area contributed by atoms with Crippen molar-refractivity contribution >= 4 is 0 Å². The maximum absolute atomic E-state index is 6.07. The van der Waals surface area contributed by atoms with Crippen LogP contribution in [0, 0.1) is 0 Å². The van der Waals surface area contributed by atoms with E-state index in [1.165, 1.54) is 5.56 Å². The van der Waals surface area contributed by atoms with Crippen molar-refractivity contribution in [1.29, 1.82) is 0 Å². The molecule has 0 unspecified atom stereocenters. The number of aromatic nitrogens is 3. The van der Waals surface area contributed by atoms with Gasteiger partial charge in [-0.1, -0.05) is 24.3 Å². The maximum Gasteiger partial charge on any atom is 0.118 e. The third-order valence-electron chi connectivity index (χ3n) is 4.83. The van der Waals surface area contributed by atoms with E-state index in [0.717, 1.165) is 43.2 Å². The van der Waals surface area contributed by atoms with E-state index >= 15 is 0 Å². The number of methoxy groups -OCH3 is 1. The molecule has 1 saturated heterocycles. The van der Waals surface area contributed by atoms with Crippen LogP contribution < -0.4 is 4.74 Å². The van der Waals surface area contributed by atoms with Crippen molar-refractivity contribution in [1.82, 2.24) is 19.9 Å². The van der Waals surface area contributed by atoms with E-state index in [9.17, 15) is 0 Å². The van der Waals surface area contributed by atoms with Gasteiger partial charge in [-0.15, -0.1) is 5.10 Å². The predicted octanol–water partition coefficient (Wildman–Crippen LogP) is 1.80. The van der Waals surface area contributed by atoms with Crippen molar-refractivity contribution in [2.24, 2.45) is 0 Å². The van der Waals surface area contributed by atoms with Gasteiger partial charge < -0.3 is 9.47 Å². The Kier molecular flexibility index (Phi) is 3.79. The van der Waals surface area contributed by atoms with Gasteiger partial charge in [0.1, 0.15) is 5.75 Å². The van der Waals surface area contributed by atoms with Crippen molar-refractivity contribution in [3.8, 4) is 5.75 Å². The Morgan fingerprint density at radius 3 is 2.83 bits per heavy atom. The second-order valence-electron chi connectivity index (χ2n) is 6.24. The van der Waals surface area contributed by atoms with Crippen LogP contribution in [-0.4, -0.2) is 46.2 Å². The molecule has 2 aliphatic heterocycles. The van der Waals surface area contributed by atoms with E-state index in [0.29, 0.717) is 6.61 Å². The van der Waals surface area contributed by atoms with E-state index in [2.05, 4.69) is 39.0 Å². The first-order valence-electron chi connectivity index (χ1n) is 8.18. The third kappa shape index (κ3) is 2.62. The Hall–Kier alpha value is -1.92. The van der Waals surface area contributed by atoms with E-state index in [1.54, 1.807) is 7.11 Å². The predicted molar refractivity (Wildman–Crippen MR) is 85.3 cm³/mol. The molecule has 4 rings (SSSR count). The summed E-state index contributed by atoms with van der Waals surface area (Å²) in [6.07, 6.45) is 1.12. The summed E-state index contributed by atoms with van der Waals surface area (Å²) in [7, 11) is 1.69. The first-order chi connectivity index (χ1) is 11.3. The molecular weight excluding hydrogens is 292 g/mol. The summed E-state index contributed by atoms with van der Waals surface area (Å²) in [6.45, 7) is 5.56. The number of benzene rings is 1.